The van der Waals surface area contributed by atoms with Gasteiger partial charge in [-0.05, 0) is 34.1 Å². The second kappa shape index (κ2) is 5.81. The maximum absolute atomic E-state index is 13.9. The minimum atomic E-state index is -4.03. The predicted molar refractivity (Wildman–Crippen MR) is 74.6 cm³/mol. The van der Waals surface area contributed by atoms with E-state index < -0.39 is 20.7 Å². The van der Waals surface area contributed by atoms with E-state index in [1.165, 1.54) is 18.6 Å². The Morgan fingerprint density at radius 3 is 2.80 bits per heavy atom. The van der Waals surface area contributed by atoms with Crippen molar-refractivity contribution in [1.29, 1.82) is 0 Å². The van der Waals surface area contributed by atoms with E-state index in [4.69, 9.17) is 5.73 Å². The highest BCUT2D eigenvalue weighted by Gasteiger charge is 2.21. The molecule has 1 aromatic carbocycles. The van der Waals surface area contributed by atoms with E-state index in [-0.39, 0.29) is 16.7 Å². The summed E-state index contributed by atoms with van der Waals surface area (Å²) in [5.74, 6) is -0.894. The molecule has 1 heterocycles. The number of anilines is 1. The maximum Gasteiger partial charge on any atom is 0.243 e. The van der Waals surface area contributed by atoms with Gasteiger partial charge in [-0.3, -0.25) is 0 Å². The van der Waals surface area contributed by atoms with Gasteiger partial charge >= 0.3 is 0 Å². The van der Waals surface area contributed by atoms with Crippen molar-refractivity contribution in [1.82, 2.24) is 14.7 Å². The average molecular weight is 361 g/mol. The Balaban J connectivity index is 2.27. The second-order valence-electron chi connectivity index (χ2n) is 3.84. The zero-order valence-corrected chi connectivity index (χ0v) is 12.4. The molecule has 20 heavy (non-hydrogen) atoms. The highest BCUT2D eigenvalue weighted by atomic mass is 79.9. The quantitative estimate of drug-likeness (QED) is 0.803. The first-order valence-electron chi connectivity index (χ1n) is 5.39. The average Bonchev–Trinajstić information content (AvgIpc) is 2.42. The third-order valence-corrected chi connectivity index (χ3v) is 4.37. The van der Waals surface area contributed by atoms with E-state index in [0.29, 0.717) is 5.69 Å². The molecule has 0 saturated heterocycles. The summed E-state index contributed by atoms with van der Waals surface area (Å²) in [6.07, 6.45) is 2.77. The summed E-state index contributed by atoms with van der Waals surface area (Å²) in [6, 6.07) is 3.90. The van der Waals surface area contributed by atoms with Crippen LogP contribution in [0.2, 0.25) is 0 Å². The molecule has 0 aliphatic rings. The molecule has 2 rings (SSSR count). The van der Waals surface area contributed by atoms with Gasteiger partial charge < -0.3 is 5.73 Å². The molecule has 3 N–H and O–H groups in total. The fourth-order valence-electron chi connectivity index (χ4n) is 1.45. The van der Waals surface area contributed by atoms with Crippen LogP contribution in [-0.4, -0.2) is 18.4 Å². The van der Waals surface area contributed by atoms with Gasteiger partial charge in [0.25, 0.3) is 0 Å². The van der Waals surface area contributed by atoms with E-state index in [1.54, 1.807) is 6.07 Å². The van der Waals surface area contributed by atoms with E-state index in [0.717, 1.165) is 6.07 Å². The van der Waals surface area contributed by atoms with Crippen molar-refractivity contribution in [3.05, 3.63) is 46.7 Å². The Morgan fingerprint density at radius 1 is 1.40 bits per heavy atom. The number of nitrogens with zero attached hydrogens (tertiary/aromatic N) is 2. The Labute approximate surface area is 123 Å². The predicted octanol–water partition coefficient (Wildman–Crippen LogP) is 1.44. The number of aromatic nitrogens is 2. The van der Waals surface area contributed by atoms with Crippen LogP contribution in [0.1, 0.15) is 5.69 Å². The molecule has 0 radical (unpaired) electrons. The van der Waals surface area contributed by atoms with Crippen LogP contribution in [0.15, 0.2) is 40.1 Å². The number of benzene rings is 1. The Morgan fingerprint density at radius 2 is 2.15 bits per heavy atom. The number of hydrogen-bond donors (Lipinski definition) is 2. The topological polar surface area (TPSA) is 98.0 Å². The van der Waals surface area contributed by atoms with Crippen molar-refractivity contribution < 1.29 is 12.8 Å². The molecule has 0 amide bonds. The molecule has 0 fully saturated rings. The van der Waals surface area contributed by atoms with Crippen molar-refractivity contribution in [2.75, 3.05) is 5.73 Å². The molecule has 2 aromatic rings. The molecule has 106 valence electrons. The van der Waals surface area contributed by atoms with Crippen molar-refractivity contribution in [2.45, 2.75) is 11.4 Å². The molecule has 9 heteroatoms. The monoisotopic (exact) mass is 360 g/mol. The van der Waals surface area contributed by atoms with Crippen molar-refractivity contribution in [3.63, 3.8) is 0 Å². The van der Waals surface area contributed by atoms with E-state index in [9.17, 15) is 12.8 Å². The number of nitrogen functional groups attached to an aromatic ring is 1. The maximum atomic E-state index is 13.9. The lowest BCUT2D eigenvalue weighted by Crippen LogP contribution is -2.25. The highest BCUT2D eigenvalue weighted by Crippen LogP contribution is 2.26. The van der Waals surface area contributed by atoms with Crippen LogP contribution in [0.3, 0.4) is 0 Å². The van der Waals surface area contributed by atoms with Gasteiger partial charge in [0.15, 0.2) is 5.82 Å². The van der Waals surface area contributed by atoms with Crippen LogP contribution in [0.25, 0.3) is 0 Å². The standard InChI is InChI=1S/C11H10BrFN4O2S/c12-9-3-7(14)4-10(11(9)13)20(18,19)17-5-8-1-2-15-6-16-8/h1-4,6,17H,5,14H2. The summed E-state index contributed by atoms with van der Waals surface area (Å²) >= 11 is 2.92. The van der Waals surface area contributed by atoms with Crippen LogP contribution in [0.4, 0.5) is 10.1 Å². The number of nitrogens with two attached hydrogens (primary N) is 1. The van der Waals surface area contributed by atoms with E-state index in [1.807, 2.05) is 0 Å². The molecule has 0 atom stereocenters. The summed E-state index contributed by atoms with van der Waals surface area (Å²) in [4.78, 5) is 7.07. The number of hydrogen-bond acceptors (Lipinski definition) is 5. The number of halogens is 2. The first-order chi connectivity index (χ1) is 9.40. The lowest BCUT2D eigenvalue weighted by Gasteiger charge is -2.09. The van der Waals surface area contributed by atoms with Gasteiger partial charge in [0.2, 0.25) is 10.0 Å². The number of nitrogens with one attached hydrogen (secondary N) is 1. The van der Waals surface area contributed by atoms with Crippen LogP contribution in [-0.2, 0) is 16.6 Å². The van der Waals surface area contributed by atoms with Gasteiger partial charge in [0, 0.05) is 11.9 Å². The fourth-order valence-corrected chi connectivity index (χ4v) is 3.19. The molecule has 0 saturated carbocycles. The molecule has 0 aliphatic carbocycles. The minimum Gasteiger partial charge on any atom is -0.399 e. The Hall–Kier alpha value is -1.58. The van der Waals surface area contributed by atoms with Crippen molar-refractivity contribution in [2.24, 2.45) is 0 Å². The molecule has 0 aliphatic heterocycles. The van der Waals surface area contributed by atoms with Gasteiger partial charge in [0.05, 0.1) is 16.7 Å². The fraction of sp³-hybridized carbons (Fsp3) is 0.0909. The summed E-state index contributed by atoms with van der Waals surface area (Å²) < 4.78 is 40.2. The molecule has 1 aromatic heterocycles. The molecule has 6 nitrogen and oxygen atoms in total. The Bertz CT molecular complexity index is 725. The lowest BCUT2D eigenvalue weighted by atomic mass is 10.3. The normalized spacial score (nSPS) is 11.5. The summed E-state index contributed by atoms with van der Waals surface area (Å²) in [6.45, 7) is -0.0727. The van der Waals surface area contributed by atoms with Gasteiger partial charge in [-0.2, -0.15) is 0 Å². The zero-order chi connectivity index (χ0) is 14.8. The second-order valence-corrected chi connectivity index (χ2v) is 6.43. The van der Waals surface area contributed by atoms with Crippen molar-refractivity contribution in [3.8, 4) is 0 Å². The number of sulfonamides is 1. The van der Waals surface area contributed by atoms with Gasteiger partial charge in [0.1, 0.15) is 11.2 Å². The first kappa shape index (κ1) is 14.8. The van der Waals surface area contributed by atoms with Gasteiger partial charge in [-0.15, -0.1) is 0 Å². The molecule has 0 bridgehead atoms. The minimum absolute atomic E-state index is 0.0140. The molecular weight excluding hydrogens is 351 g/mol. The summed E-state index contributed by atoms with van der Waals surface area (Å²) in [5, 5.41) is 0. The molecule has 0 unspecified atom stereocenters. The smallest absolute Gasteiger partial charge is 0.243 e. The van der Waals surface area contributed by atoms with Gasteiger partial charge in [-0.25, -0.2) is 27.5 Å². The summed E-state index contributed by atoms with van der Waals surface area (Å²) in [5.41, 5.74) is 6.13. The summed E-state index contributed by atoms with van der Waals surface area (Å²) in [7, 11) is -4.03. The van der Waals surface area contributed by atoms with E-state index in [2.05, 4.69) is 30.6 Å². The lowest BCUT2D eigenvalue weighted by molar-refractivity contribution is 0.553. The van der Waals surface area contributed by atoms with E-state index >= 15 is 0 Å². The largest absolute Gasteiger partial charge is 0.399 e. The Kier molecular flexibility index (Phi) is 4.31. The van der Waals surface area contributed by atoms with Crippen LogP contribution in [0, 0.1) is 5.82 Å². The molecule has 0 spiro atoms. The van der Waals surface area contributed by atoms with Crippen molar-refractivity contribution >= 4 is 31.6 Å². The van der Waals surface area contributed by atoms with Crippen LogP contribution in [0.5, 0.6) is 0 Å². The van der Waals surface area contributed by atoms with Gasteiger partial charge in [-0.1, -0.05) is 0 Å². The highest BCUT2D eigenvalue weighted by molar-refractivity contribution is 9.10. The SMILES string of the molecule is Nc1cc(Br)c(F)c(S(=O)(=O)NCc2ccncn2)c1. The molecular formula is C11H10BrFN4O2S. The third-order valence-electron chi connectivity index (χ3n) is 2.39. The van der Waals surface area contributed by atoms with Crippen LogP contribution < -0.4 is 10.5 Å². The first-order valence-corrected chi connectivity index (χ1v) is 7.67. The van der Waals surface area contributed by atoms with Crippen LogP contribution >= 0.6 is 15.9 Å². The third kappa shape index (κ3) is 3.30. The zero-order valence-electron chi connectivity index (χ0n) is 10.0. The number of rotatable bonds is 4.